The van der Waals surface area contributed by atoms with Gasteiger partial charge in [-0.15, -0.1) is 5.10 Å². The Kier molecular flexibility index (Phi) is 3.81. The third kappa shape index (κ3) is 2.70. The third-order valence-corrected chi connectivity index (χ3v) is 4.99. The van der Waals surface area contributed by atoms with Crippen molar-refractivity contribution in [3.05, 3.63) is 59.3 Å². The van der Waals surface area contributed by atoms with E-state index in [4.69, 9.17) is 0 Å². The molecule has 0 spiro atoms. The summed E-state index contributed by atoms with van der Waals surface area (Å²) in [7, 11) is 0. The number of hydrogen-bond acceptors (Lipinski definition) is 3. The van der Waals surface area contributed by atoms with Crippen LogP contribution < -0.4 is 0 Å². The van der Waals surface area contributed by atoms with Crippen LogP contribution in [0.4, 0.5) is 0 Å². The van der Waals surface area contributed by atoms with E-state index in [-0.39, 0.29) is 0 Å². The van der Waals surface area contributed by atoms with E-state index in [0.29, 0.717) is 13.1 Å². The highest BCUT2D eigenvalue weighted by Gasteiger charge is 2.16. The maximum atomic E-state index is 10.7. The van der Waals surface area contributed by atoms with Gasteiger partial charge in [0.15, 0.2) is 0 Å². The number of benzene rings is 2. The molecule has 2 aromatic carbocycles. The number of hydrogen-bond donors (Lipinski definition) is 1. The molecule has 0 saturated carbocycles. The van der Waals surface area contributed by atoms with Crippen molar-refractivity contribution in [3.63, 3.8) is 0 Å². The molecule has 128 valence electrons. The first-order chi connectivity index (χ1) is 12.0. The minimum absolute atomic E-state index is 0.421. The molecule has 4 aromatic rings. The second-order valence-corrected chi connectivity index (χ2v) is 6.76. The molecule has 0 radical (unpaired) electrons. The average molecular weight is 334 g/mol. The van der Waals surface area contributed by atoms with Gasteiger partial charge in [-0.25, -0.2) is 4.68 Å². The summed E-state index contributed by atoms with van der Waals surface area (Å²) in [6.07, 6.45) is -0.542. The zero-order valence-electron chi connectivity index (χ0n) is 14.8. The highest BCUT2D eigenvalue weighted by Crippen LogP contribution is 2.26. The second-order valence-electron chi connectivity index (χ2n) is 6.76. The zero-order valence-corrected chi connectivity index (χ0v) is 14.8. The van der Waals surface area contributed by atoms with Crippen molar-refractivity contribution < 1.29 is 5.11 Å². The monoisotopic (exact) mass is 334 g/mol. The van der Waals surface area contributed by atoms with Crippen molar-refractivity contribution >= 4 is 21.9 Å². The molecular formula is C20H22N4O. The average Bonchev–Trinajstić information content (AvgIpc) is 3.10. The third-order valence-electron chi connectivity index (χ3n) is 4.99. The SMILES string of the molecule is Cc1ccc2c(c1)c(C)c(C)n2C[C@H](O)Cn1nnc2ccccc21. The first-order valence-corrected chi connectivity index (χ1v) is 8.57. The molecule has 5 nitrogen and oxygen atoms in total. The van der Waals surface area contributed by atoms with Crippen molar-refractivity contribution in [2.24, 2.45) is 0 Å². The number of fused-ring (bicyclic) bond motifs is 2. The second kappa shape index (κ2) is 6.01. The summed E-state index contributed by atoms with van der Waals surface area (Å²) in [5, 5.41) is 20.3. The Bertz CT molecular complexity index is 1060. The van der Waals surface area contributed by atoms with Crippen molar-refractivity contribution in [2.75, 3.05) is 0 Å². The van der Waals surface area contributed by atoms with Gasteiger partial charge in [-0.05, 0) is 50.6 Å². The van der Waals surface area contributed by atoms with Crippen LogP contribution in [0.15, 0.2) is 42.5 Å². The van der Waals surface area contributed by atoms with Crippen LogP contribution in [0.5, 0.6) is 0 Å². The maximum absolute atomic E-state index is 10.7. The van der Waals surface area contributed by atoms with E-state index < -0.39 is 6.10 Å². The quantitative estimate of drug-likeness (QED) is 0.622. The fraction of sp³-hybridized carbons (Fsp3) is 0.300. The molecule has 0 fully saturated rings. The van der Waals surface area contributed by atoms with Crippen LogP contribution in [0, 0.1) is 20.8 Å². The van der Waals surface area contributed by atoms with Gasteiger partial charge < -0.3 is 9.67 Å². The standard InChI is InChI=1S/C20H22N4O/c1-13-8-9-19-17(10-13)14(2)15(3)23(19)11-16(25)12-24-20-7-5-4-6-18(20)21-22-24/h4-10,16,25H,11-12H2,1-3H3/t16-/m0/s1. The Labute approximate surface area is 146 Å². The lowest BCUT2D eigenvalue weighted by molar-refractivity contribution is 0.131. The van der Waals surface area contributed by atoms with Crippen LogP contribution in [0.25, 0.3) is 21.9 Å². The number of aliphatic hydroxyl groups excluding tert-OH is 1. The van der Waals surface area contributed by atoms with E-state index in [9.17, 15) is 5.11 Å². The zero-order chi connectivity index (χ0) is 17.6. The van der Waals surface area contributed by atoms with Crippen LogP contribution in [0.1, 0.15) is 16.8 Å². The van der Waals surface area contributed by atoms with Crippen LogP contribution >= 0.6 is 0 Å². The van der Waals surface area contributed by atoms with E-state index in [1.807, 2.05) is 24.3 Å². The topological polar surface area (TPSA) is 55.9 Å². The molecule has 2 heterocycles. The lowest BCUT2D eigenvalue weighted by Crippen LogP contribution is -2.23. The Morgan fingerprint density at radius 2 is 1.80 bits per heavy atom. The van der Waals surface area contributed by atoms with Crippen LogP contribution in [0.3, 0.4) is 0 Å². The van der Waals surface area contributed by atoms with Crippen molar-refractivity contribution in [1.82, 2.24) is 19.6 Å². The number of rotatable bonds is 4. The van der Waals surface area contributed by atoms with E-state index in [2.05, 4.69) is 53.8 Å². The summed E-state index contributed by atoms with van der Waals surface area (Å²) in [6.45, 7) is 7.32. The molecule has 0 bridgehead atoms. The Morgan fingerprint density at radius 3 is 2.64 bits per heavy atom. The van der Waals surface area contributed by atoms with Gasteiger partial charge >= 0.3 is 0 Å². The maximum Gasteiger partial charge on any atom is 0.113 e. The Hall–Kier alpha value is -2.66. The van der Waals surface area contributed by atoms with Crippen LogP contribution in [-0.4, -0.2) is 30.8 Å². The van der Waals surface area contributed by atoms with Gasteiger partial charge in [0.1, 0.15) is 5.52 Å². The summed E-state index contributed by atoms with van der Waals surface area (Å²) >= 11 is 0. The van der Waals surface area contributed by atoms with Crippen molar-refractivity contribution in [1.29, 1.82) is 0 Å². The molecule has 1 atom stereocenters. The normalized spacial score (nSPS) is 13.0. The highest BCUT2D eigenvalue weighted by molar-refractivity contribution is 5.86. The molecule has 25 heavy (non-hydrogen) atoms. The molecule has 4 rings (SSSR count). The Balaban J connectivity index is 1.64. The molecule has 0 aliphatic heterocycles. The van der Waals surface area contributed by atoms with E-state index >= 15 is 0 Å². The fourth-order valence-corrected chi connectivity index (χ4v) is 3.52. The summed E-state index contributed by atoms with van der Waals surface area (Å²) < 4.78 is 3.98. The van der Waals surface area contributed by atoms with Gasteiger partial charge in [0.05, 0.1) is 24.7 Å². The number of aliphatic hydroxyl groups is 1. The summed E-state index contributed by atoms with van der Waals surface area (Å²) in [5.41, 5.74) is 6.69. The Morgan fingerprint density at radius 1 is 1.00 bits per heavy atom. The van der Waals surface area contributed by atoms with Gasteiger partial charge in [0.25, 0.3) is 0 Å². The fourth-order valence-electron chi connectivity index (χ4n) is 3.52. The molecular weight excluding hydrogens is 312 g/mol. The molecule has 5 heteroatoms. The predicted octanol–water partition coefficient (Wildman–Crippen LogP) is 3.37. The molecule has 0 unspecified atom stereocenters. The molecule has 0 amide bonds. The minimum Gasteiger partial charge on any atom is -0.389 e. The number of nitrogens with zero attached hydrogens (tertiary/aromatic N) is 4. The van der Waals surface area contributed by atoms with Crippen LogP contribution in [-0.2, 0) is 13.1 Å². The highest BCUT2D eigenvalue weighted by atomic mass is 16.3. The van der Waals surface area contributed by atoms with Gasteiger partial charge in [-0.2, -0.15) is 0 Å². The van der Waals surface area contributed by atoms with E-state index in [1.54, 1.807) is 4.68 Å². The molecule has 0 aliphatic carbocycles. The predicted molar refractivity (Wildman–Crippen MR) is 99.7 cm³/mol. The number of aromatic nitrogens is 4. The van der Waals surface area contributed by atoms with E-state index in [0.717, 1.165) is 11.0 Å². The molecule has 1 N–H and O–H groups in total. The molecule has 0 saturated heterocycles. The number of para-hydroxylation sites is 1. The number of aryl methyl sites for hydroxylation is 2. The lowest BCUT2D eigenvalue weighted by atomic mass is 10.1. The summed E-state index contributed by atoms with van der Waals surface area (Å²) in [6, 6.07) is 14.3. The van der Waals surface area contributed by atoms with Gasteiger partial charge in [0.2, 0.25) is 0 Å². The smallest absolute Gasteiger partial charge is 0.113 e. The molecule has 0 aliphatic rings. The van der Waals surface area contributed by atoms with E-state index in [1.165, 1.54) is 27.7 Å². The van der Waals surface area contributed by atoms with Crippen LogP contribution in [0.2, 0.25) is 0 Å². The van der Waals surface area contributed by atoms with Gasteiger partial charge in [-0.3, -0.25) is 0 Å². The van der Waals surface area contributed by atoms with Crippen molar-refractivity contribution in [2.45, 2.75) is 40.0 Å². The minimum atomic E-state index is -0.542. The lowest BCUT2D eigenvalue weighted by Gasteiger charge is -2.15. The molecule has 2 aromatic heterocycles. The largest absolute Gasteiger partial charge is 0.389 e. The first kappa shape index (κ1) is 15.8. The van der Waals surface area contributed by atoms with Crippen molar-refractivity contribution in [3.8, 4) is 0 Å². The van der Waals surface area contributed by atoms with Gasteiger partial charge in [-0.1, -0.05) is 29.0 Å². The summed E-state index contributed by atoms with van der Waals surface area (Å²) in [4.78, 5) is 0. The summed E-state index contributed by atoms with van der Waals surface area (Å²) in [5.74, 6) is 0. The first-order valence-electron chi connectivity index (χ1n) is 8.57. The van der Waals surface area contributed by atoms with Gasteiger partial charge in [0, 0.05) is 16.6 Å².